The van der Waals surface area contributed by atoms with Crippen molar-refractivity contribution in [3.05, 3.63) is 28.8 Å². The monoisotopic (exact) mass is 279 g/mol. The molecule has 0 radical (unpaired) electrons. The van der Waals surface area contributed by atoms with Crippen molar-refractivity contribution in [2.45, 2.75) is 32.5 Å². The molecule has 0 aromatic heterocycles. The van der Waals surface area contributed by atoms with Crippen LogP contribution < -0.4 is 4.74 Å². The Kier molecular flexibility index (Phi) is 4.24. The number of nitrogens with zero attached hydrogens (tertiary/aromatic N) is 1. The minimum absolute atomic E-state index is 0.00726. The van der Waals surface area contributed by atoms with Gasteiger partial charge in [-0.15, -0.1) is 0 Å². The van der Waals surface area contributed by atoms with Crippen molar-refractivity contribution in [1.82, 2.24) is 4.90 Å². The fourth-order valence-electron chi connectivity index (χ4n) is 2.34. The highest BCUT2D eigenvalue weighted by Crippen LogP contribution is 2.30. The zero-order valence-electron chi connectivity index (χ0n) is 11.3. The second kappa shape index (κ2) is 5.92. The summed E-state index contributed by atoms with van der Waals surface area (Å²) in [5, 5.41) is 17.9. The summed E-state index contributed by atoms with van der Waals surface area (Å²) in [7, 11) is 1.53. The van der Waals surface area contributed by atoms with E-state index >= 15 is 0 Å². The number of aliphatic carboxylic acids is 1. The van der Waals surface area contributed by atoms with Gasteiger partial charge < -0.3 is 19.8 Å². The molecule has 6 nitrogen and oxygen atoms in total. The van der Waals surface area contributed by atoms with Gasteiger partial charge in [0.05, 0.1) is 20.1 Å². The van der Waals surface area contributed by atoms with Crippen molar-refractivity contribution in [2.24, 2.45) is 0 Å². The average molecular weight is 279 g/mol. The summed E-state index contributed by atoms with van der Waals surface area (Å²) in [5.41, 5.74) is 2.63. The number of methoxy groups -OCH3 is 1. The van der Waals surface area contributed by atoms with E-state index in [4.69, 9.17) is 9.84 Å². The topological polar surface area (TPSA) is 87.1 Å². The highest BCUT2D eigenvalue weighted by Gasteiger charge is 2.25. The molecule has 0 saturated carbocycles. The summed E-state index contributed by atoms with van der Waals surface area (Å²) in [6, 6.07) is 3.66. The van der Waals surface area contributed by atoms with Crippen LogP contribution in [0, 0.1) is 0 Å². The van der Waals surface area contributed by atoms with Crippen molar-refractivity contribution in [3.63, 3.8) is 0 Å². The maximum absolute atomic E-state index is 11.9. The molecule has 1 aliphatic rings. The molecule has 20 heavy (non-hydrogen) atoms. The normalized spacial score (nSPS) is 13.2. The number of rotatable bonds is 5. The number of ether oxygens (including phenoxy) is 1. The van der Waals surface area contributed by atoms with Crippen LogP contribution in [0.3, 0.4) is 0 Å². The van der Waals surface area contributed by atoms with Gasteiger partial charge in [-0.1, -0.05) is 0 Å². The minimum Gasteiger partial charge on any atom is -0.496 e. The highest BCUT2D eigenvalue weighted by atomic mass is 16.5. The molecule has 6 heteroatoms. The smallest absolute Gasteiger partial charge is 0.303 e. The summed E-state index contributed by atoms with van der Waals surface area (Å²) in [6.07, 6.45) is -0.149. The van der Waals surface area contributed by atoms with Crippen LogP contribution in [0.2, 0.25) is 0 Å². The Labute approximate surface area is 116 Å². The van der Waals surface area contributed by atoms with E-state index in [1.165, 1.54) is 7.11 Å². The second-order valence-electron chi connectivity index (χ2n) is 4.73. The van der Waals surface area contributed by atoms with Gasteiger partial charge in [-0.3, -0.25) is 9.59 Å². The first-order valence-electron chi connectivity index (χ1n) is 6.34. The van der Waals surface area contributed by atoms with Gasteiger partial charge in [-0.05, 0) is 23.3 Å². The number of hydrogen-bond donors (Lipinski definition) is 2. The predicted molar refractivity (Wildman–Crippen MR) is 70.0 cm³/mol. The first-order valence-corrected chi connectivity index (χ1v) is 6.34. The average Bonchev–Trinajstić information content (AvgIpc) is 2.85. The van der Waals surface area contributed by atoms with Crippen molar-refractivity contribution < 1.29 is 24.5 Å². The number of carbonyl (C=O) groups is 2. The summed E-state index contributed by atoms with van der Waals surface area (Å²) in [6.45, 7) is 0.782. The van der Waals surface area contributed by atoms with Gasteiger partial charge >= 0.3 is 5.97 Å². The second-order valence-corrected chi connectivity index (χ2v) is 4.73. The minimum atomic E-state index is -0.973. The number of aliphatic hydroxyl groups excluding tert-OH is 1. The lowest BCUT2D eigenvalue weighted by Crippen LogP contribution is -2.25. The number of amides is 1. The zero-order valence-corrected chi connectivity index (χ0v) is 11.3. The van der Waals surface area contributed by atoms with E-state index in [-0.39, 0.29) is 25.4 Å². The fraction of sp³-hybridized carbons (Fsp3) is 0.429. The molecular formula is C14H17NO5. The van der Waals surface area contributed by atoms with Crippen molar-refractivity contribution in [2.75, 3.05) is 7.11 Å². The summed E-state index contributed by atoms with van der Waals surface area (Å²) in [5.74, 6) is -0.543. The van der Waals surface area contributed by atoms with E-state index in [1.807, 2.05) is 12.1 Å². The standard InChI is InChI=1S/C14H17NO5/c1-20-12-5-10-7-15(13(17)2-3-14(18)19)6-9(10)4-11(12)8-16/h4-5,16H,2-3,6-8H2,1H3,(H,18,19). The molecule has 1 aromatic rings. The number of carboxylic acids is 1. The van der Waals surface area contributed by atoms with Gasteiger partial charge in [0.15, 0.2) is 0 Å². The molecule has 0 saturated heterocycles. The van der Waals surface area contributed by atoms with Crippen LogP contribution in [0.15, 0.2) is 12.1 Å². The molecule has 1 heterocycles. The van der Waals surface area contributed by atoms with E-state index in [1.54, 1.807) is 4.90 Å². The summed E-state index contributed by atoms with van der Waals surface area (Å²) < 4.78 is 5.20. The van der Waals surface area contributed by atoms with E-state index < -0.39 is 5.97 Å². The Bertz CT molecular complexity index is 508. The van der Waals surface area contributed by atoms with Crippen LogP contribution in [-0.4, -0.2) is 34.1 Å². The Morgan fingerprint density at radius 1 is 1.25 bits per heavy atom. The zero-order chi connectivity index (χ0) is 14.7. The van der Waals surface area contributed by atoms with Gasteiger partial charge in [-0.25, -0.2) is 0 Å². The lowest BCUT2D eigenvalue weighted by Gasteiger charge is -2.14. The quantitative estimate of drug-likeness (QED) is 0.836. The Morgan fingerprint density at radius 3 is 2.45 bits per heavy atom. The molecular weight excluding hydrogens is 262 g/mol. The lowest BCUT2D eigenvalue weighted by molar-refractivity contribution is -0.141. The molecule has 0 atom stereocenters. The van der Waals surface area contributed by atoms with Gasteiger partial charge in [0, 0.05) is 25.1 Å². The largest absolute Gasteiger partial charge is 0.496 e. The summed E-state index contributed by atoms with van der Waals surface area (Å²) >= 11 is 0. The molecule has 108 valence electrons. The van der Waals surface area contributed by atoms with E-state index in [9.17, 15) is 14.7 Å². The van der Waals surface area contributed by atoms with E-state index in [0.717, 1.165) is 11.1 Å². The molecule has 0 aliphatic carbocycles. The summed E-state index contributed by atoms with van der Waals surface area (Å²) in [4.78, 5) is 24.0. The first-order chi connectivity index (χ1) is 9.55. The molecule has 1 amide bonds. The van der Waals surface area contributed by atoms with Crippen LogP contribution in [0.1, 0.15) is 29.5 Å². The maximum Gasteiger partial charge on any atom is 0.303 e. The van der Waals surface area contributed by atoms with Gasteiger partial charge in [0.1, 0.15) is 5.75 Å². The predicted octanol–water partition coefficient (Wildman–Crippen LogP) is 0.895. The fourth-order valence-corrected chi connectivity index (χ4v) is 2.34. The van der Waals surface area contributed by atoms with Gasteiger partial charge in [0.2, 0.25) is 5.91 Å². The Morgan fingerprint density at radius 2 is 1.90 bits per heavy atom. The number of fused-ring (bicyclic) bond motifs is 1. The Hall–Kier alpha value is -2.08. The number of carbonyl (C=O) groups excluding carboxylic acids is 1. The maximum atomic E-state index is 11.9. The molecule has 1 aliphatic heterocycles. The molecule has 0 spiro atoms. The van der Waals surface area contributed by atoms with Crippen molar-refractivity contribution in [3.8, 4) is 5.75 Å². The first kappa shape index (κ1) is 14.3. The lowest BCUT2D eigenvalue weighted by atomic mass is 10.1. The number of benzene rings is 1. The molecule has 0 fully saturated rings. The SMILES string of the molecule is COc1cc2c(cc1CO)CN(C(=O)CCC(=O)O)C2. The third kappa shape index (κ3) is 2.91. The highest BCUT2D eigenvalue weighted by molar-refractivity contribution is 5.81. The molecule has 1 aromatic carbocycles. The molecule has 2 N–H and O–H groups in total. The van der Waals surface area contributed by atoms with Gasteiger partial charge in [0.25, 0.3) is 0 Å². The molecule has 0 unspecified atom stereocenters. The van der Waals surface area contributed by atoms with Crippen LogP contribution >= 0.6 is 0 Å². The molecule has 0 bridgehead atoms. The van der Waals surface area contributed by atoms with E-state index in [2.05, 4.69) is 0 Å². The Balaban J connectivity index is 2.10. The van der Waals surface area contributed by atoms with Crippen LogP contribution in [0.4, 0.5) is 0 Å². The third-order valence-electron chi connectivity index (χ3n) is 3.40. The van der Waals surface area contributed by atoms with Crippen LogP contribution in [0.25, 0.3) is 0 Å². The van der Waals surface area contributed by atoms with Crippen LogP contribution in [-0.2, 0) is 29.3 Å². The van der Waals surface area contributed by atoms with Crippen molar-refractivity contribution >= 4 is 11.9 Å². The number of carboxylic acid groups (broad SMARTS) is 1. The van der Waals surface area contributed by atoms with E-state index in [0.29, 0.717) is 24.4 Å². The molecule has 2 rings (SSSR count). The number of aliphatic hydroxyl groups is 1. The van der Waals surface area contributed by atoms with Gasteiger partial charge in [-0.2, -0.15) is 0 Å². The van der Waals surface area contributed by atoms with Crippen molar-refractivity contribution in [1.29, 1.82) is 0 Å². The van der Waals surface area contributed by atoms with Crippen LogP contribution in [0.5, 0.6) is 5.75 Å². The number of hydrogen-bond acceptors (Lipinski definition) is 4. The third-order valence-corrected chi connectivity index (χ3v) is 3.40.